The van der Waals surface area contributed by atoms with E-state index in [1.54, 1.807) is 6.92 Å². The molecular formula is C23H30INO4. The summed E-state index contributed by atoms with van der Waals surface area (Å²) in [6.07, 6.45) is 0. The van der Waals surface area contributed by atoms with Crippen molar-refractivity contribution in [1.82, 2.24) is 0 Å². The number of benzene rings is 1. The van der Waals surface area contributed by atoms with E-state index in [1.165, 1.54) is 0 Å². The molecule has 1 heterocycles. The summed E-state index contributed by atoms with van der Waals surface area (Å²) in [6.45, 7) is 14.6. The summed E-state index contributed by atoms with van der Waals surface area (Å²) < 4.78 is 12.4. The highest BCUT2D eigenvalue weighted by atomic mass is 127. The quantitative estimate of drug-likeness (QED) is 0.402. The maximum atomic E-state index is 13.2. The number of nitrogens with zero attached hydrogens (tertiary/aromatic N) is 1. The van der Waals surface area contributed by atoms with Gasteiger partial charge in [0.2, 0.25) is 0 Å². The third-order valence-electron chi connectivity index (χ3n) is 4.35. The molecule has 5 nitrogen and oxygen atoms in total. The Hall–Kier alpha value is -1.70. The van der Waals surface area contributed by atoms with Gasteiger partial charge in [-0.2, -0.15) is 0 Å². The van der Waals surface area contributed by atoms with Crippen LogP contribution in [0.1, 0.15) is 66.9 Å². The first-order valence-corrected chi connectivity index (χ1v) is 10.8. The molecule has 0 aliphatic carbocycles. The van der Waals surface area contributed by atoms with E-state index < -0.39 is 35.0 Å². The van der Waals surface area contributed by atoms with Crippen LogP contribution in [-0.4, -0.2) is 28.9 Å². The number of rotatable bonds is 3. The van der Waals surface area contributed by atoms with Gasteiger partial charge in [0, 0.05) is 20.9 Å². The minimum atomic E-state index is -0.698. The summed E-state index contributed by atoms with van der Waals surface area (Å²) in [5.74, 6) is -2.07. The van der Waals surface area contributed by atoms with Crippen LogP contribution in [0.3, 0.4) is 0 Å². The van der Waals surface area contributed by atoms with Crippen LogP contribution in [-0.2, 0) is 19.1 Å². The molecule has 0 amide bonds. The third-order valence-corrected chi connectivity index (χ3v) is 5.33. The van der Waals surface area contributed by atoms with E-state index in [4.69, 9.17) is 9.47 Å². The van der Waals surface area contributed by atoms with E-state index in [-0.39, 0.29) is 0 Å². The van der Waals surface area contributed by atoms with Crippen LogP contribution in [0.2, 0.25) is 0 Å². The minimum Gasteiger partial charge on any atom is -0.459 e. The summed E-state index contributed by atoms with van der Waals surface area (Å²) in [7, 11) is 0. The maximum absolute atomic E-state index is 13.2. The van der Waals surface area contributed by atoms with Crippen molar-refractivity contribution < 1.29 is 19.1 Å². The zero-order valence-corrected chi connectivity index (χ0v) is 20.6. The molecule has 0 N–H and O–H groups in total. The highest BCUT2D eigenvalue weighted by molar-refractivity contribution is 14.1. The highest BCUT2D eigenvalue weighted by Crippen LogP contribution is 2.42. The summed E-state index contributed by atoms with van der Waals surface area (Å²) in [4.78, 5) is 30.9. The lowest BCUT2D eigenvalue weighted by molar-refractivity contribution is -0.158. The van der Waals surface area contributed by atoms with Crippen molar-refractivity contribution in [3.8, 4) is 0 Å². The molecular weight excluding hydrogens is 481 g/mol. The molecule has 1 aliphatic rings. The predicted octanol–water partition coefficient (Wildman–Crippen LogP) is 5.42. The fourth-order valence-electron chi connectivity index (χ4n) is 3.37. The normalized spacial score (nSPS) is 20.2. The first-order chi connectivity index (χ1) is 13.2. The van der Waals surface area contributed by atoms with Gasteiger partial charge in [0.05, 0.1) is 5.57 Å². The molecule has 6 heteroatoms. The monoisotopic (exact) mass is 511 g/mol. The van der Waals surface area contributed by atoms with E-state index in [9.17, 15) is 9.59 Å². The van der Waals surface area contributed by atoms with Gasteiger partial charge >= 0.3 is 11.9 Å². The average Bonchev–Trinajstić information content (AvgIpc) is 2.50. The smallest absolute Gasteiger partial charge is 0.337 e. The molecule has 0 saturated carbocycles. The fraction of sp³-hybridized carbons (Fsp3) is 0.522. The molecule has 0 bridgehead atoms. The lowest BCUT2D eigenvalue weighted by Gasteiger charge is -2.34. The van der Waals surface area contributed by atoms with Crippen molar-refractivity contribution in [2.75, 3.05) is 0 Å². The van der Waals surface area contributed by atoms with Gasteiger partial charge in [0.15, 0.2) is 0 Å². The second kappa shape index (κ2) is 8.58. The standard InChI is InChI=1S/C23H30INO4/c1-13-17(20(26)28-22(3,4)5)19(15-11-9-10-12-16(15)24)18(14(2)25-13)21(27)29-23(6,7)8/h9-12,17,19H,1-8H3. The Kier molecular flexibility index (Phi) is 6.97. The van der Waals surface area contributed by atoms with E-state index in [2.05, 4.69) is 27.6 Å². The number of hydrogen-bond donors (Lipinski definition) is 0. The molecule has 158 valence electrons. The van der Waals surface area contributed by atoms with Crippen LogP contribution < -0.4 is 0 Å². The number of hydrogen-bond acceptors (Lipinski definition) is 5. The third kappa shape index (κ3) is 5.90. The van der Waals surface area contributed by atoms with Crippen molar-refractivity contribution in [2.45, 2.75) is 72.5 Å². The number of allylic oxidation sites excluding steroid dienone is 1. The number of halogens is 1. The Morgan fingerprint density at radius 3 is 2.03 bits per heavy atom. The largest absolute Gasteiger partial charge is 0.459 e. The van der Waals surface area contributed by atoms with Crippen LogP contribution >= 0.6 is 22.6 Å². The Morgan fingerprint density at radius 1 is 0.966 bits per heavy atom. The van der Waals surface area contributed by atoms with Gasteiger partial charge in [-0.15, -0.1) is 0 Å². The summed E-state index contributed by atoms with van der Waals surface area (Å²) in [5.41, 5.74) is 1.20. The van der Waals surface area contributed by atoms with E-state index in [0.29, 0.717) is 17.0 Å². The fourth-order valence-corrected chi connectivity index (χ4v) is 4.09. The van der Waals surface area contributed by atoms with Gasteiger partial charge in [0.25, 0.3) is 0 Å². The zero-order chi connectivity index (χ0) is 22.1. The molecule has 0 saturated heterocycles. The van der Waals surface area contributed by atoms with Crippen molar-refractivity contribution >= 4 is 40.2 Å². The molecule has 29 heavy (non-hydrogen) atoms. The summed E-state index contributed by atoms with van der Waals surface area (Å²) >= 11 is 2.23. The first-order valence-electron chi connectivity index (χ1n) is 9.68. The molecule has 0 fully saturated rings. The van der Waals surface area contributed by atoms with Crippen LogP contribution in [0.15, 0.2) is 40.5 Å². The number of ether oxygens (including phenoxy) is 2. The van der Waals surface area contributed by atoms with Crippen LogP contribution in [0.5, 0.6) is 0 Å². The van der Waals surface area contributed by atoms with Gasteiger partial charge in [0.1, 0.15) is 17.1 Å². The number of carbonyl (C=O) groups is 2. The molecule has 2 rings (SSSR count). The van der Waals surface area contributed by atoms with Crippen LogP contribution in [0.4, 0.5) is 0 Å². The molecule has 2 atom stereocenters. The second-order valence-corrected chi connectivity index (χ2v) is 10.4. The number of aliphatic imine (C=N–C) groups is 1. The van der Waals surface area contributed by atoms with Crippen molar-refractivity contribution in [3.05, 3.63) is 44.7 Å². The van der Waals surface area contributed by atoms with Crippen LogP contribution in [0, 0.1) is 9.49 Å². The average molecular weight is 511 g/mol. The van der Waals surface area contributed by atoms with Gasteiger partial charge in [-0.1, -0.05) is 18.2 Å². The van der Waals surface area contributed by atoms with Crippen molar-refractivity contribution in [1.29, 1.82) is 0 Å². The molecule has 0 radical (unpaired) electrons. The lowest BCUT2D eigenvalue weighted by atomic mass is 9.75. The molecule has 1 aliphatic heterocycles. The van der Waals surface area contributed by atoms with Gasteiger partial charge in [-0.05, 0) is 89.6 Å². The zero-order valence-electron chi connectivity index (χ0n) is 18.4. The van der Waals surface area contributed by atoms with E-state index >= 15 is 0 Å². The maximum Gasteiger partial charge on any atom is 0.337 e. The summed E-state index contributed by atoms with van der Waals surface area (Å²) in [6, 6.07) is 7.75. The molecule has 2 unspecified atom stereocenters. The van der Waals surface area contributed by atoms with E-state index in [1.807, 2.05) is 72.7 Å². The van der Waals surface area contributed by atoms with Gasteiger partial charge < -0.3 is 9.47 Å². The minimum absolute atomic E-state index is 0.392. The number of esters is 2. The Bertz CT molecular complexity index is 872. The Morgan fingerprint density at radius 2 is 1.52 bits per heavy atom. The molecule has 0 spiro atoms. The molecule has 1 aromatic rings. The molecule has 0 aromatic heterocycles. The van der Waals surface area contributed by atoms with Gasteiger partial charge in [-0.3, -0.25) is 9.79 Å². The highest BCUT2D eigenvalue weighted by Gasteiger charge is 2.44. The molecule has 1 aromatic carbocycles. The Labute approximate surface area is 187 Å². The Balaban J connectivity index is 2.66. The topological polar surface area (TPSA) is 65.0 Å². The first kappa shape index (κ1) is 23.6. The van der Waals surface area contributed by atoms with Gasteiger partial charge in [-0.25, -0.2) is 4.79 Å². The predicted molar refractivity (Wildman–Crippen MR) is 123 cm³/mol. The van der Waals surface area contributed by atoms with E-state index in [0.717, 1.165) is 9.13 Å². The number of carbonyl (C=O) groups excluding carboxylic acids is 2. The van der Waals surface area contributed by atoms with Crippen LogP contribution in [0.25, 0.3) is 0 Å². The lowest BCUT2D eigenvalue weighted by Crippen LogP contribution is -2.40. The van der Waals surface area contributed by atoms with Crippen molar-refractivity contribution in [2.24, 2.45) is 10.9 Å². The summed E-state index contributed by atoms with van der Waals surface area (Å²) in [5, 5.41) is 0. The SMILES string of the molecule is CC1=NC(C)=C(C(=O)OC(C)(C)C)C(c2ccccc2I)C1C(=O)OC(C)(C)C. The second-order valence-electron chi connectivity index (χ2n) is 9.26. The van der Waals surface area contributed by atoms with Crippen molar-refractivity contribution in [3.63, 3.8) is 0 Å².